The third-order valence-electron chi connectivity index (χ3n) is 3.82. The fraction of sp³-hybridized carbons (Fsp3) is 0.750. The number of nitriles is 1. The summed E-state index contributed by atoms with van der Waals surface area (Å²) in [7, 11) is 0. The average molecular weight is 263 g/mol. The summed E-state index contributed by atoms with van der Waals surface area (Å²) >= 11 is 0. The highest BCUT2D eigenvalue weighted by Gasteiger charge is 2.30. The van der Waals surface area contributed by atoms with E-state index in [0.717, 1.165) is 19.3 Å². The van der Waals surface area contributed by atoms with Crippen LogP contribution in [-0.2, 0) is 9.53 Å². The first-order valence-corrected chi connectivity index (χ1v) is 7.49. The lowest BCUT2D eigenvalue weighted by Gasteiger charge is -2.24. The van der Waals surface area contributed by atoms with E-state index >= 15 is 0 Å². The van der Waals surface area contributed by atoms with Crippen molar-refractivity contribution in [1.29, 1.82) is 5.26 Å². The largest absolute Gasteiger partial charge is 0.465 e. The quantitative estimate of drug-likeness (QED) is 0.556. The Morgan fingerprint density at radius 3 is 2.74 bits per heavy atom. The standard InChI is InChI=1S/C16H25NO2/c1-3-14(15(12-17)16(18)19-4-2)13-10-8-6-5-7-9-11-13/h10,14-15H,3-9,11H2,1-2H3. The zero-order chi connectivity index (χ0) is 14.1. The maximum absolute atomic E-state index is 11.9. The molecule has 0 bridgehead atoms. The van der Waals surface area contributed by atoms with E-state index in [4.69, 9.17) is 4.74 Å². The third kappa shape index (κ3) is 4.70. The van der Waals surface area contributed by atoms with Crippen molar-refractivity contribution in [3.8, 4) is 6.07 Å². The fourth-order valence-corrected chi connectivity index (χ4v) is 2.80. The third-order valence-corrected chi connectivity index (χ3v) is 3.82. The van der Waals surface area contributed by atoms with Gasteiger partial charge in [-0.3, -0.25) is 4.79 Å². The first kappa shape index (κ1) is 15.8. The summed E-state index contributed by atoms with van der Waals surface area (Å²) in [6.45, 7) is 4.17. The van der Waals surface area contributed by atoms with Crippen LogP contribution in [0.3, 0.4) is 0 Å². The molecular formula is C16H25NO2. The molecule has 2 unspecified atom stereocenters. The molecule has 106 valence electrons. The number of hydrogen-bond acceptors (Lipinski definition) is 3. The van der Waals surface area contributed by atoms with Gasteiger partial charge in [0, 0.05) is 5.92 Å². The van der Waals surface area contributed by atoms with Gasteiger partial charge in [0.15, 0.2) is 5.92 Å². The summed E-state index contributed by atoms with van der Waals surface area (Å²) in [6.07, 6.45) is 10.1. The van der Waals surface area contributed by atoms with E-state index in [-0.39, 0.29) is 11.9 Å². The van der Waals surface area contributed by atoms with Gasteiger partial charge in [0.25, 0.3) is 0 Å². The summed E-state index contributed by atoms with van der Waals surface area (Å²) in [5.74, 6) is -0.974. The molecule has 0 N–H and O–H groups in total. The first-order chi connectivity index (χ1) is 9.24. The topological polar surface area (TPSA) is 50.1 Å². The zero-order valence-electron chi connectivity index (χ0n) is 12.2. The summed E-state index contributed by atoms with van der Waals surface area (Å²) in [5, 5.41) is 9.30. The summed E-state index contributed by atoms with van der Waals surface area (Å²) in [6, 6.07) is 2.16. The van der Waals surface area contributed by atoms with Gasteiger partial charge in [-0.05, 0) is 39.0 Å². The molecule has 1 rings (SSSR count). The molecule has 0 aromatic carbocycles. The number of allylic oxidation sites excluding steroid dienone is 2. The van der Waals surface area contributed by atoms with Crippen molar-refractivity contribution in [2.24, 2.45) is 11.8 Å². The predicted octanol–water partition coefficient (Wildman–Crippen LogP) is 4.00. The molecule has 0 spiro atoms. The molecule has 0 heterocycles. The van der Waals surface area contributed by atoms with Crippen molar-refractivity contribution >= 4 is 5.97 Å². The average Bonchev–Trinajstić information content (AvgIpc) is 2.36. The fourth-order valence-electron chi connectivity index (χ4n) is 2.80. The number of carbonyl (C=O) groups is 1. The number of esters is 1. The van der Waals surface area contributed by atoms with Crippen LogP contribution >= 0.6 is 0 Å². The Labute approximate surface area is 116 Å². The van der Waals surface area contributed by atoms with Crippen molar-refractivity contribution < 1.29 is 9.53 Å². The van der Waals surface area contributed by atoms with Gasteiger partial charge in [0.2, 0.25) is 0 Å². The SMILES string of the molecule is CCOC(=O)C(C#N)C(CC)C1=CCCCCCC1. The summed E-state index contributed by atoms with van der Waals surface area (Å²) in [5.41, 5.74) is 1.29. The minimum Gasteiger partial charge on any atom is -0.465 e. The van der Waals surface area contributed by atoms with Gasteiger partial charge in [-0.15, -0.1) is 0 Å². The molecule has 0 saturated heterocycles. The lowest BCUT2D eigenvalue weighted by Crippen LogP contribution is -2.26. The molecule has 19 heavy (non-hydrogen) atoms. The second-order valence-electron chi connectivity index (χ2n) is 5.11. The van der Waals surface area contributed by atoms with Crippen LogP contribution in [-0.4, -0.2) is 12.6 Å². The van der Waals surface area contributed by atoms with E-state index < -0.39 is 5.92 Å². The Morgan fingerprint density at radius 2 is 2.11 bits per heavy atom. The lowest BCUT2D eigenvalue weighted by molar-refractivity contribution is -0.147. The van der Waals surface area contributed by atoms with Crippen molar-refractivity contribution in [2.45, 2.75) is 58.8 Å². The number of ether oxygens (including phenoxy) is 1. The Balaban J connectivity index is 2.83. The van der Waals surface area contributed by atoms with E-state index in [1.165, 1.54) is 31.3 Å². The van der Waals surface area contributed by atoms with Crippen LogP contribution in [0.25, 0.3) is 0 Å². The molecule has 3 nitrogen and oxygen atoms in total. The number of hydrogen-bond donors (Lipinski definition) is 0. The molecule has 0 amide bonds. The van der Waals surface area contributed by atoms with Crippen LogP contribution in [0.2, 0.25) is 0 Å². The van der Waals surface area contributed by atoms with E-state index in [9.17, 15) is 10.1 Å². The van der Waals surface area contributed by atoms with Crippen LogP contribution in [0.1, 0.15) is 58.8 Å². The van der Waals surface area contributed by atoms with Crippen LogP contribution in [0, 0.1) is 23.2 Å². The molecule has 0 radical (unpaired) electrons. The Bertz CT molecular complexity index is 354. The molecule has 2 atom stereocenters. The van der Waals surface area contributed by atoms with Gasteiger partial charge in [0.1, 0.15) is 0 Å². The van der Waals surface area contributed by atoms with Gasteiger partial charge in [0.05, 0.1) is 12.7 Å². The van der Waals surface area contributed by atoms with Crippen LogP contribution in [0.5, 0.6) is 0 Å². The van der Waals surface area contributed by atoms with Crippen molar-refractivity contribution in [1.82, 2.24) is 0 Å². The van der Waals surface area contributed by atoms with Crippen LogP contribution in [0.4, 0.5) is 0 Å². The van der Waals surface area contributed by atoms with Crippen molar-refractivity contribution in [2.75, 3.05) is 6.61 Å². The van der Waals surface area contributed by atoms with Gasteiger partial charge in [-0.1, -0.05) is 31.4 Å². The minimum absolute atomic E-state index is 0.0298. The molecule has 0 aromatic rings. The summed E-state index contributed by atoms with van der Waals surface area (Å²) in [4.78, 5) is 11.9. The van der Waals surface area contributed by atoms with Crippen LogP contribution < -0.4 is 0 Å². The molecule has 0 aromatic heterocycles. The highest BCUT2D eigenvalue weighted by molar-refractivity contribution is 5.76. The Hall–Kier alpha value is -1.30. The molecule has 3 heteroatoms. The molecule has 1 aliphatic rings. The predicted molar refractivity (Wildman–Crippen MR) is 75.3 cm³/mol. The van der Waals surface area contributed by atoms with Crippen molar-refractivity contribution in [3.63, 3.8) is 0 Å². The number of rotatable bonds is 5. The smallest absolute Gasteiger partial charge is 0.323 e. The summed E-state index contributed by atoms with van der Waals surface area (Å²) < 4.78 is 5.04. The van der Waals surface area contributed by atoms with Gasteiger partial charge in [-0.2, -0.15) is 5.26 Å². The Morgan fingerprint density at radius 1 is 1.37 bits per heavy atom. The van der Waals surface area contributed by atoms with E-state index in [1.807, 2.05) is 6.92 Å². The number of nitrogens with zero attached hydrogens (tertiary/aromatic N) is 1. The second kappa shape index (κ2) is 8.74. The van der Waals surface area contributed by atoms with Gasteiger partial charge >= 0.3 is 5.97 Å². The zero-order valence-corrected chi connectivity index (χ0v) is 12.2. The van der Waals surface area contributed by atoms with Gasteiger partial charge < -0.3 is 4.74 Å². The van der Waals surface area contributed by atoms with Crippen LogP contribution in [0.15, 0.2) is 11.6 Å². The molecule has 0 saturated carbocycles. The normalized spacial score (nSPS) is 19.3. The molecule has 0 fully saturated rings. The van der Waals surface area contributed by atoms with E-state index in [2.05, 4.69) is 12.1 Å². The minimum atomic E-state index is -0.643. The number of carbonyl (C=O) groups excluding carboxylic acids is 1. The second-order valence-corrected chi connectivity index (χ2v) is 5.11. The molecule has 1 aliphatic carbocycles. The molecular weight excluding hydrogens is 238 g/mol. The molecule has 0 aliphatic heterocycles. The Kier molecular flexibility index (Phi) is 7.25. The highest BCUT2D eigenvalue weighted by atomic mass is 16.5. The highest BCUT2D eigenvalue weighted by Crippen LogP contribution is 2.31. The van der Waals surface area contributed by atoms with Gasteiger partial charge in [-0.25, -0.2) is 0 Å². The van der Waals surface area contributed by atoms with Crippen molar-refractivity contribution in [3.05, 3.63) is 11.6 Å². The first-order valence-electron chi connectivity index (χ1n) is 7.49. The van der Waals surface area contributed by atoms with E-state index in [0.29, 0.717) is 6.61 Å². The van der Waals surface area contributed by atoms with E-state index in [1.54, 1.807) is 6.92 Å². The maximum Gasteiger partial charge on any atom is 0.323 e. The lowest BCUT2D eigenvalue weighted by atomic mass is 9.80. The maximum atomic E-state index is 11.9. The monoisotopic (exact) mass is 263 g/mol.